The van der Waals surface area contributed by atoms with Crippen LogP contribution in [0, 0.1) is 0 Å². The van der Waals surface area contributed by atoms with Crippen LogP contribution in [0.25, 0.3) is 77.1 Å². The highest BCUT2D eigenvalue weighted by Crippen LogP contribution is 2.47. The summed E-state index contributed by atoms with van der Waals surface area (Å²) in [7, 11) is 0. The molecule has 10 rings (SSSR count). The van der Waals surface area contributed by atoms with E-state index in [1.807, 2.05) is 30.7 Å². The van der Waals surface area contributed by atoms with Crippen LogP contribution in [0.2, 0.25) is 0 Å². The summed E-state index contributed by atoms with van der Waals surface area (Å²) in [6.45, 7) is 0. The minimum atomic E-state index is 0.878. The number of pyridine rings is 3. The maximum Gasteiger partial charge on any atom is 0.147 e. The second kappa shape index (κ2) is 7.55. The van der Waals surface area contributed by atoms with Gasteiger partial charge in [-0.05, 0) is 65.6 Å². The number of fused-ring (bicyclic) bond motifs is 16. The molecule has 0 saturated heterocycles. The number of aromatic nitrogens is 5. The van der Waals surface area contributed by atoms with Gasteiger partial charge in [0, 0.05) is 45.2 Å². The first-order chi connectivity index (χ1) is 20.4. The highest BCUT2D eigenvalue weighted by atomic mass is 15.0. The number of nitrogens with zero attached hydrogens (tertiary/aromatic N) is 5. The molecule has 1 aliphatic carbocycles. The third-order valence-electron chi connectivity index (χ3n) is 8.83. The SMILES string of the molecule is c1ccc(-n2c3ccc4c5ncccc5n5c6ccncc6nc5c4c3c3ccc4c(c32)-c2ccccc2C4)cc1. The van der Waals surface area contributed by atoms with Gasteiger partial charge in [-0.2, -0.15) is 0 Å². The lowest BCUT2D eigenvalue weighted by molar-refractivity contribution is 1.18. The Balaban J connectivity index is 1.52. The first kappa shape index (κ1) is 21.3. The fraction of sp³-hybridized carbons (Fsp3) is 0.0278. The van der Waals surface area contributed by atoms with E-state index in [1.54, 1.807) is 0 Å². The zero-order valence-electron chi connectivity index (χ0n) is 21.9. The van der Waals surface area contributed by atoms with Crippen LogP contribution in [0.4, 0.5) is 0 Å². The molecule has 0 aliphatic heterocycles. The van der Waals surface area contributed by atoms with Crippen LogP contribution in [0.3, 0.4) is 0 Å². The van der Waals surface area contributed by atoms with E-state index in [-0.39, 0.29) is 0 Å². The van der Waals surface area contributed by atoms with Gasteiger partial charge in [0.25, 0.3) is 0 Å². The van der Waals surface area contributed by atoms with Crippen molar-refractivity contribution >= 4 is 60.3 Å². The molecule has 0 bridgehead atoms. The quantitative estimate of drug-likeness (QED) is 0.204. The van der Waals surface area contributed by atoms with Crippen molar-refractivity contribution in [2.75, 3.05) is 0 Å². The largest absolute Gasteiger partial charge is 0.309 e. The van der Waals surface area contributed by atoms with Crippen molar-refractivity contribution in [1.29, 1.82) is 0 Å². The summed E-state index contributed by atoms with van der Waals surface area (Å²) >= 11 is 0. The zero-order valence-corrected chi connectivity index (χ0v) is 21.9. The van der Waals surface area contributed by atoms with Gasteiger partial charge < -0.3 is 4.57 Å². The van der Waals surface area contributed by atoms with Crippen molar-refractivity contribution in [2.24, 2.45) is 0 Å². The van der Waals surface area contributed by atoms with Crippen molar-refractivity contribution in [2.45, 2.75) is 6.42 Å². The van der Waals surface area contributed by atoms with Gasteiger partial charge in [0.05, 0.1) is 33.8 Å². The molecule has 9 aromatic rings. The molecule has 5 heteroatoms. The summed E-state index contributed by atoms with van der Waals surface area (Å²) in [5.74, 6) is 0. The van der Waals surface area contributed by atoms with E-state index in [9.17, 15) is 0 Å². The van der Waals surface area contributed by atoms with Crippen LogP contribution in [-0.4, -0.2) is 23.9 Å². The highest BCUT2D eigenvalue weighted by Gasteiger charge is 2.27. The topological polar surface area (TPSA) is 48.0 Å². The van der Waals surface area contributed by atoms with Gasteiger partial charge in [0.2, 0.25) is 0 Å². The summed E-state index contributed by atoms with van der Waals surface area (Å²) in [6, 6.07) is 34.9. The van der Waals surface area contributed by atoms with Crippen molar-refractivity contribution in [3.05, 3.63) is 127 Å². The average Bonchev–Trinajstić information content (AvgIpc) is 3.71. The number of para-hydroxylation sites is 1. The number of hydrogen-bond donors (Lipinski definition) is 0. The molecule has 190 valence electrons. The minimum Gasteiger partial charge on any atom is -0.309 e. The Kier molecular flexibility index (Phi) is 3.92. The van der Waals surface area contributed by atoms with E-state index < -0.39 is 0 Å². The maximum atomic E-state index is 5.20. The molecule has 0 radical (unpaired) electrons. The summed E-state index contributed by atoms with van der Waals surface area (Å²) in [4.78, 5) is 14.5. The molecule has 0 saturated carbocycles. The molecule has 41 heavy (non-hydrogen) atoms. The third kappa shape index (κ3) is 2.63. The van der Waals surface area contributed by atoms with E-state index in [1.165, 1.54) is 44.1 Å². The predicted octanol–water partition coefficient (Wildman–Crippen LogP) is 8.25. The number of imidazole rings is 1. The van der Waals surface area contributed by atoms with Crippen LogP contribution in [0.15, 0.2) is 116 Å². The van der Waals surface area contributed by atoms with Gasteiger partial charge >= 0.3 is 0 Å². The van der Waals surface area contributed by atoms with E-state index in [2.05, 4.69) is 98.9 Å². The Hall–Kier alpha value is -5.55. The number of hydrogen-bond acceptors (Lipinski definition) is 3. The molecule has 0 fully saturated rings. The summed E-state index contributed by atoms with van der Waals surface area (Å²) in [5.41, 5.74) is 13.8. The summed E-state index contributed by atoms with van der Waals surface area (Å²) in [5, 5.41) is 4.66. The molecule has 1 aliphatic rings. The van der Waals surface area contributed by atoms with Crippen molar-refractivity contribution in [3.63, 3.8) is 0 Å². The average molecular weight is 524 g/mol. The van der Waals surface area contributed by atoms with Gasteiger partial charge in [-0.3, -0.25) is 14.4 Å². The standard InChI is InChI=1S/C36H21N5/c1-2-8-23(9-3-1)40-29-15-14-25-33(32(29)26-13-12-22-19-21-7-4-5-10-24(21)31(22)35(26)40)36-39-27-20-37-18-16-28(27)41(36)30-11-6-17-38-34(25)30/h1-18,20H,19H2. The second-order valence-electron chi connectivity index (χ2n) is 10.9. The molecule has 5 nitrogen and oxygen atoms in total. The second-order valence-corrected chi connectivity index (χ2v) is 10.9. The lowest BCUT2D eigenvalue weighted by atomic mass is 9.99. The molecule has 5 heterocycles. The van der Waals surface area contributed by atoms with Crippen molar-refractivity contribution < 1.29 is 0 Å². The Morgan fingerprint density at radius 3 is 2.46 bits per heavy atom. The first-order valence-electron chi connectivity index (χ1n) is 13.9. The number of benzene rings is 4. The predicted molar refractivity (Wildman–Crippen MR) is 166 cm³/mol. The first-order valence-corrected chi connectivity index (χ1v) is 13.9. The molecule has 0 atom stereocenters. The van der Waals surface area contributed by atoms with Crippen LogP contribution in [-0.2, 0) is 6.42 Å². The van der Waals surface area contributed by atoms with E-state index in [0.717, 1.165) is 50.6 Å². The monoisotopic (exact) mass is 523 g/mol. The zero-order chi connectivity index (χ0) is 26.7. The smallest absolute Gasteiger partial charge is 0.147 e. The van der Waals surface area contributed by atoms with Crippen LogP contribution >= 0.6 is 0 Å². The molecular formula is C36H21N5. The van der Waals surface area contributed by atoms with Gasteiger partial charge in [0.1, 0.15) is 11.2 Å². The molecule has 0 N–H and O–H groups in total. The molecule has 0 spiro atoms. The van der Waals surface area contributed by atoms with E-state index in [0.29, 0.717) is 0 Å². The highest BCUT2D eigenvalue weighted by molar-refractivity contribution is 6.30. The van der Waals surface area contributed by atoms with Crippen LogP contribution in [0.5, 0.6) is 0 Å². The molecule has 0 unspecified atom stereocenters. The van der Waals surface area contributed by atoms with Gasteiger partial charge in [-0.25, -0.2) is 4.98 Å². The van der Waals surface area contributed by atoms with E-state index in [4.69, 9.17) is 9.97 Å². The Labute approximate surface area is 234 Å². The van der Waals surface area contributed by atoms with Crippen molar-refractivity contribution in [1.82, 2.24) is 23.9 Å². The summed E-state index contributed by atoms with van der Waals surface area (Å²) < 4.78 is 4.71. The maximum absolute atomic E-state index is 5.20. The molecule has 5 aromatic heterocycles. The van der Waals surface area contributed by atoms with Crippen molar-refractivity contribution in [3.8, 4) is 16.8 Å². The Morgan fingerprint density at radius 1 is 0.634 bits per heavy atom. The third-order valence-corrected chi connectivity index (χ3v) is 8.83. The fourth-order valence-corrected chi connectivity index (χ4v) is 7.21. The normalized spacial score (nSPS) is 12.8. The minimum absolute atomic E-state index is 0.878. The summed E-state index contributed by atoms with van der Waals surface area (Å²) in [6.07, 6.45) is 6.53. The lowest BCUT2D eigenvalue weighted by Crippen LogP contribution is -1.96. The van der Waals surface area contributed by atoms with Crippen LogP contribution in [0.1, 0.15) is 11.1 Å². The molecule has 4 aromatic carbocycles. The van der Waals surface area contributed by atoms with Crippen LogP contribution < -0.4 is 0 Å². The molecular weight excluding hydrogens is 502 g/mol. The lowest BCUT2D eigenvalue weighted by Gasteiger charge is -2.12. The van der Waals surface area contributed by atoms with Gasteiger partial charge in [0.15, 0.2) is 0 Å². The Morgan fingerprint density at radius 2 is 1.51 bits per heavy atom. The van der Waals surface area contributed by atoms with Gasteiger partial charge in [-0.1, -0.05) is 54.6 Å². The fourth-order valence-electron chi connectivity index (χ4n) is 7.21. The Bertz CT molecular complexity index is 2550. The molecule has 0 amide bonds. The number of rotatable bonds is 1. The van der Waals surface area contributed by atoms with Gasteiger partial charge in [-0.15, -0.1) is 0 Å². The van der Waals surface area contributed by atoms with E-state index >= 15 is 0 Å².